The highest BCUT2D eigenvalue weighted by Gasteiger charge is 2.28. The summed E-state index contributed by atoms with van der Waals surface area (Å²) in [5.74, 6) is 0.162. The molecule has 21 heavy (non-hydrogen) atoms. The van der Waals surface area contributed by atoms with E-state index in [1.165, 1.54) is 0 Å². The van der Waals surface area contributed by atoms with Crippen molar-refractivity contribution in [2.75, 3.05) is 19.6 Å². The normalized spacial score (nSPS) is 18.7. The van der Waals surface area contributed by atoms with Gasteiger partial charge in [0.15, 0.2) is 0 Å². The summed E-state index contributed by atoms with van der Waals surface area (Å²) in [5.41, 5.74) is 1.67. The minimum atomic E-state index is -3.39. The van der Waals surface area contributed by atoms with Gasteiger partial charge in [-0.3, -0.25) is 4.79 Å². The van der Waals surface area contributed by atoms with Crippen LogP contribution in [0.15, 0.2) is 36.3 Å². The van der Waals surface area contributed by atoms with Gasteiger partial charge in [-0.2, -0.15) is 0 Å². The predicted molar refractivity (Wildman–Crippen MR) is 82.3 cm³/mol. The molecular formula is C15H20N2O3S. The molecular weight excluding hydrogens is 288 g/mol. The Balaban J connectivity index is 1.95. The van der Waals surface area contributed by atoms with Crippen molar-refractivity contribution in [1.82, 2.24) is 9.62 Å². The van der Waals surface area contributed by atoms with E-state index in [0.29, 0.717) is 25.2 Å². The molecule has 1 fully saturated rings. The van der Waals surface area contributed by atoms with E-state index in [1.807, 2.05) is 31.2 Å². The molecule has 6 heteroatoms. The maximum absolute atomic E-state index is 12.4. The quantitative estimate of drug-likeness (QED) is 0.897. The standard InChI is InChI=1S/C15H20N2O3S/c1-3-21(19,20)16-10-13-8-9-17(11-13)15(18)14-7-5-4-6-12(14)2/h3-7,13,16H,1,8-11H2,2H3/t13-/m1/s1. The lowest BCUT2D eigenvalue weighted by Gasteiger charge is -2.18. The van der Waals surface area contributed by atoms with Crippen LogP contribution in [-0.2, 0) is 10.0 Å². The third kappa shape index (κ3) is 3.92. The predicted octanol–water partition coefficient (Wildman–Crippen LogP) is 1.52. The van der Waals surface area contributed by atoms with E-state index in [0.717, 1.165) is 17.4 Å². The number of aryl methyl sites for hydroxylation is 1. The smallest absolute Gasteiger partial charge is 0.254 e. The van der Waals surface area contributed by atoms with Gasteiger partial charge >= 0.3 is 0 Å². The van der Waals surface area contributed by atoms with Crippen molar-refractivity contribution in [2.45, 2.75) is 13.3 Å². The summed E-state index contributed by atoms with van der Waals surface area (Å²) in [6.45, 7) is 6.75. The number of carbonyl (C=O) groups is 1. The molecule has 1 N–H and O–H groups in total. The Hall–Kier alpha value is -1.66. The number of sulfonamides is 1. The van der Waals surface area contributed by atoms with Gasteiger partial charge in [-0.15, -0.1) is 0 Å². The number of hydrogen-bond acceptors (Lipinski definition) is 3. The van der Waals surface area contributed by atoms with E-state index in [1.54, 1.807) is 4.90 Å². The molecule has 1 aliphatic heterocycles. The van der Waals surface area contributed by atoms with E-state index < -0.39 is 10.0 Å². The van der Waals surface area contributed by atoms with Crippen LogP contribution >= 0.6 is 0 Å². The SMILES string of the molecule is C=CS(=O)(=O)NC[C@H]1CCN(C(=O)c2ccccc2C)C1. The molecule has 1 aromatic carbocycles. The van der Waals surface area contributed by atoms with Crippen molar-refractivity contribution in [3.63, 3.8) is 0 Å². The summed E-state index contributed by atoms with van der Waals surface area (Å²) < 4.78 is 25.1. The van der Waals surface area contributed by atoms with Crippen LogP contribution in [0, 0.1) is 12.8 Å². The maximum atomic E-state index is 12.4. The van der Waals surface area contributed by atoms with Crippen molar-refractivity contribution in [1.29, 1.82) is 0 Å². The summed E-state index contributed by atoms with van der Waals surface area (Å²) in [6, 6.07) is 7.50. The second-order valence-electron chi connectivity index (χ2n) is 5.28. The average Bonchev–Trinajstić information content (AvgIpc) is 2.94. The first-order valence-corrected chi connectivity index (χ1v) is 8.44. The van der Waals surface area contributed by atoms with Crippen LogP contribution in [0.25, 0.3) is 0 Å². The molecule has 0 aliphatic carbocycles. The summed E-state index contributed by atoms with van der Waals surface area (Å²) in [6.07, 6.45) is 0.803. The summed E-state index contributed by atoms with van der Waals surface area (Å²) >= 11 is 0. The Bertz CT molecular complexity index is 640. The van der Waals surface area contributed by atoms with E-state index in [2.05, 4.69) is 11.3 Å². The highest BCUT2D eigenvalue weighted by molar-refractivity contribution is 7.92. The molecule has 1 saturated heterocycles. The lowest BCUT2D eigenvalue weighted by Crippen LogP contribution is -2.32. The number of likely N-dealkylation sites (tertiary alicyclic amines) is 1. The van der Waals surface area contributed by atoms with Crippen LogP contribution in [-0.4, -0.2) is 38.9 Å². The first-order chi connectivity index (χ1) is 9.93. The summed E-state index contributed by atoms with van der Waals surface area (Å²) in [5, 5.41) is 0.901. The van der Waals surface area contributed by atoms with Crippen LogP contribution in [0.1, 0.15) is 22.3 Å². The monoisotopic (exact) mass is 308 g/mol. The van der Waals surface area contributed by atoms with Crippen LogP contribution in [0.4, 0.5) is 0 Å². The molecule has 1 atom stereocenters. The molecule has 1 amide bonds. The van der Waals surface area contributed by atoms with Crippen LogP contribution in [0.5, 0.6) is 0 Å². The van der Waals surface area contributed by atoms with Crippen molar-refractivity contribution in [3.05, 3.63) is 47.4 Å². The average molecular weight is 308 g/mol. The van der Waals surface area contributed by atoms with Crippen molar-refractivity contribution < 1.29 is 13.2 Å². The lowest BCUT2D eigenvalue weighted by molar-refractivity contribution is 0.0787. The Labute approximate surface area is 125 Å². The van der Waals surface area contributed by atoms with Crippen molar-refractivity contribution in [3.8, 4) is 0 Å². The van der Waals surface area contributed by atoms with Crippen molar-refractivity contribution in [2.24, 2.45) is 5.92 Å². The minimum Gasteiger partial charge on any atom is -0.338 e. The van der Waals surface area contributed by atoms with Gasteiger partial charge in [-0.25, -0.2) is 13.1 Å². The van der Waals surface area contributed by atoms with Crippen LogP contribution in [0.2, 0.25) is 0 Å². The van der Waals surface area contributed by atoms with Gasteiger partial charge in [0.2, 0.25) is 10.0 Å². The van der Waals surface area contributed by atoms with E-state index in [-0.39, 0.29) is 11.8 Å². The second kappa shape index (κ2) is 6.41. The van der Waals surface area contributed by atoms with Crippen molar-refractivity contribution >= 4 is 15.9 Å². The van der Waals surface area contributed by atoms with E-state index in [9.17, 15) is 13.2 Å². The third-order valence-corrected chi connectivity index (χ3v) is 4.75. The number of hydrogen-bond donors (Lipinski definition) is 1. The molecule has 1 aliphatic rings. The van der Waals surface area contributed by atoms with Crippen LogP contribution in [0.3, 0.4) is 0 Å². The number of nitrogens with zero attached hydrogens (tertiary/aromatic N) is 1. The molecule has 0 radical (unpaired) electrons. The first kappa shape index (κ1) is 15.7. The number of carbonyl (C=O) groups excluding carboxylic acids is 1. The van der Waals surface area contributed by atoms with Gasteiger partial charge in [0.25, 0.3) is 5.91 Å². The fraction of sp³-hybridized carbons (Fsp3) is 0.400. The zero-order chi connectivity index (χ0) is 15.5. The number of nitrogens with one attached hydrogen (secondary N) is 1. The zero-order valence-corrected chi connectivity index (χ0v) is 12.9. The Morgan fingerprint density at radius 1 is 1.48 bits per heavy atom. The lowest BCUT2D eigenvalue weighted by atomic mass is 10.1. The van der Waals surface area contributed by atoms with Crippen LogP contribution < -0.4 is 4.72 Å². The molecule has 1 aromatic rings. The largest absolute Gasteiger partial charge is 0.338 e. The Morgan fingerprint density at radius 3 is 2.86 bits per heavy atom. The number of amides is 1. The topological polar surface area (TPSA) is 66.5 Å². The van der Waals surface area contributed by atoms with Gasteiger partial charge < -0.3 is 4.90 Å². The molecule has 0 bridgehead atoms. The molecule has 5 nitrogen and oxygen atoms in total. The van der Waals surface area contributed by atoms with E-state index >= 15 is 0 Å². The molecule has 0 unspecified atom stereocenters. The Morgan fingerprint density at radius 2 is 2.19 bits per heavy atom. The fourth-order valence-corrected chi connectivity index (χ4v) is 3.05. The molecule has 0 saturated carbocycles. The minimum absolute atomic E-state index is 0.0159. The first-order valence-electron chi connectivity index (χ1n) is 6.90. The zero-order valence-electron chi connectivity index (χ0n) is 12.1. The Kier molecular flexibility index (Phi) is 4.80. The summed E-state index contributed by atoms with van der Waals surface area (Å²) in [4.78, 5) is 14.2. The summed E-state index contributed by atoms with van der Waals surface area (Å²) in [7, 11) is -3.39. The van der Waals surface area contributed by atoms with Gasteiger partial charge in [0.1, 0.15) is 0 Å². The second-order valence-corrected chi connectivity index (χ2v) is 6.99. The fourth-order valence-electron chi connectivity index (χ4n) is 2.46. The molecule has 114 valence electrons. The third-order valence-electron chi connectivity index (χ3n) is 3.74. The van der Waals surface area contributed by atoms with Gasteiger partial charge in [0.05, 0.1) is 0 Å². The highest BCUT2D eigenvalue weighted by Crippen LogP contribution is 2.19. The number of rotatable bonds is 5. The van der Waals surface area contributed by atoms with Gasteiger partial charge in [-0.1, -0.05) is 24.8 Å². The number of benzene rings is 1. The molecule has 0 aromatic heterocycles. The van der Waals surface area contributed by atoms with Gasteiger partial charge in [0, 0.05) is 30.6 Å². The molecule has 1 heterocycles. The van der Waals surface area contributed by atoms with E-state index in [4.69, 9.17) is 0 Å². The maximum Gasteiger partial charge on any atom is 0.254 e. The van der Waals surface area contributed by atoms with Gasteiger partial charge in [-0.05, 0) is 30.9 Å². The highest BCUT2D eigenvalue weighted by atomic mass is 32.2. The molecule has 0 spiro atoms. The molecule has 2 rings (SSSR count).